The van der Waals surface area contributed by atoms with Crippen molar-refractivity contribution in [3.8, 4) is 5.75 Å². The van der Waals surface area contributed by atoms with Crippen molar-refractivity contribution < 1.29 is 4.74 Å². The second-order valence-corrected chi connectivity index (χ2v) is 5.80. The molecule has 1 unspecified atom stereocenters. The van der Waals surface area contributed by atoms with Gasteiger partial charge in [-0.3, -0.25) is 0 Å². The maximum atomic E-state index is 5.65. The molecule has 0 fully saturated rings. The zero-order valence-electron chi connectivity index (χ0n) is 12.8. The van der Waals surface area contributed by atoms with Crippen LogP contribution in [0.5, 0.6) is 5.75 Å². The highest BCUT2D eigenvalue weighted by Crippen LogP contribution is 2.25. The van der Waals surface area contributed by atoms with Crippen LogP contribution >= 0.6 is 11.3 Å². The van der Waals surface area contributed by atoms with Gasteiger partial charge in [-0.2, -0.15) is 0 Å². The van der Waals surface area contributed by atoms with Crippen LogP contribution in [0.2, 0.25) is 0 Å². The summed E-state index contributed by atoms with van der Waals surface area (Å²) in [6.45, 7) is 5.04. The Morgan fingerprint density at radius 2 is 2.05 bits per heavy atom. The van der Waals surface area contributed by atoms with E-state index in [1.165, 1.54) is 0 Å². The molecule has 21 heavy (non-hydrogen) atoms. The molecule has 1 aromatic heterocycles. The number of benzene rings is 1. The van der Waals surface area contributed by atoms with E-state index in [2.05, 4.69) is 34.8 Å². The average Bonchev–Trinajstić information content (AvgIpc) is 2.97. The van der Waals surface area contributed by atoms with Crippen LogP contribution in [-0.2, 0) is 0 Å². The van der Waals surface area contributed by atoms with Crippen LogP contribution in [0.15, 0.2) is 29.6 Å². The van der Waals surface area contributed by atoms with Crippen molar-refractivity contribution in [2.45, 2.75) is 32.7 Å². The Morgan fingerprint density at radius 3 is 2.71 bits per heavy atom. The van der Waals surface area contributed by atoms with Crippen LogP contribution in [0.1, 0.15) is 38.4 Å². The lowest BCUT2D eigenvalue weighted by Gasteiger charge is -2.07. The van der Waals surface area contributed by atoms with Gasteiger partial charge in [-0.25, -0.2) is 4.98 Å². The third kappa shape index (κ3) is 4.72. The molecule has 2 aromatic rings. The number of hydrogen-bond acceptors (Lipinski definition) is 5. The molecule has 2 rings (SSSR count). The lowest BCUT2D eigenvalue weighted by atomic mass is 10.3. The number of nitrogens with one attached hydrogen (secondary N) is 2. The van der Waals surface area contributed by atoms with Crippen LogP contribution in [0.3, 0.4) is 0 Å². The molecule has 4 nitrogen and oxygen atoms in total. The van der Waals surface area contributed by atoms with E-state index in [1.54, 1.807) is 11.3 Å². The molecule has 1 heterocycles. The first kappa shape index (κ1) is 15.8. The smallest absolute Gasteiger partial charge is 0.187 e. The van der Waals surface area contributed by atoms with E-state index in [0.29, 0.717) is 0 Å². The molecule has 0 aliphatic carbocycles. The van der Waals surface area contributed by atoms with Gasteiger partial charge in [-0.1, -0.05) is 13.3 Å². The zero-order valence-corrected chi connectivity index (χ0v) is 13.7. The molecule has 1 atom stereocenters. The Bertz CT molecular complexity index is 539. The Morgan fingerprint density at radius 1 is 1.29 bits per heavy atom. The average molecular weight is 305 g/mol. The zero-order chi connectivity index (χ0) is 15.1. The van der Waals surface area contributed by atoms with Crippen molar-refractivity contribution in [2.24, 2.45) is 0 Å². The number of aromatic nitrogens is 1. The van der Waals surface area contributed by atoms with Crippen molar-refractivity contribution in [3.05, 3.63) is 35.3 Å². The summed E-state index contributed by atoms with van der Waals surface area (Å²) in [6, 6.07) is 8.28. The standard InChI is InChI=1S/C16H23N3OS/c1-4-5-10-20-14-8-6-13(7-9-14)18-16-19-15(11-21-16)12(2)17-3/h6-9,11-12,17H,4-5,10H2,1-3H3,(H,18,19). The summed E-state index contributed by atoms with van der Waals surface area (Å²) in [5, 5.41) is 9.50. The van der Waals surface area contributed by atoms with Gasteiger partial charge in [-0.05, 0) is 44.7 Å². The lowest BCUT2D eigenvalue weighted by Crippen LogP contribution is -2.12. The van der Waals surface area contributed by atoms with Gasteiger partial charge in [0.05, 0.1) is 12.3 Å². The van der Waals surface area contributed by atoms with Gasteiger partial charge in [0.2, 0.25) is 0 Å². The lowest BCUT2D eigenvalue weighted by molar-refractivity contribution is 0.309. The van der Waals surface area contributed by atoms with Crippen LogP contribution in [0.25, 0.3) is 0 Å². The number of unbranched alkanes of at least 4 members (excludes halogenated alkanes) is 1. The molecule has 2 N–H and O–H groups in total. The predicted octanol–water partition coefficient (Wildman–Crippen LogP) is 4.35. The summed E-state index contributed by atoms with van der Waals surface area (Å²) < 4.78 is 5.65. The molecule has 0 saturated heterocycles. The summed E-state index contributed by atoms with van der Waals surface area (Å²) in [6.07, 6.45) is 2.24. The normalized spacial score (nSPS) is 12.1. The minimum absolute atomic E-state index is 0.270. The fourth-order valence-corrected chi connectivity index (χ4v) is 2.61. The number of nitrogens with zero attached hydrogens (tertiary/aromatic N) is 1. The number of hydrogen-bond donors (Lipinski definition) is 2. The van der Waals surface area contributed by atoms with Gasteiger partial charge in [0.15, 0.2) is 5.13 Å². The van der Waals surface area contributed by atoms with E-state index in [0.717, 1.165) is 41.7 Å². The highest BCUT2D eigenvalue weighted by Gasteiger charge is 2.08. The third-order valence-electron chi connectivity index (χ3n) is 3.27. The SMILES string of the molecule is CCCCOc1ccc(Nc2nc(C(C)NC)cs2)cc1. The molecule has 0 aliphatic heterocycles. The highest BCUT2D eigenvalue weighted by molar-refractivity contribution is 7.13. The topological polar surface area (TPSA) is 46.2 Å². The fourth-order valence-electron chi connectivity index (χ4n) is 1.78. The first-order valence-corrected chi connectivity index (χ1v) is 8.23. The first-order chi connectivity index (χ1) is 10.2. The Labute approximate surface area is 130 Å². The largest absolute Gasteiger partial charge is 0.494 e. The van der Waals surface area contributed by atoms with Gasteiger partial charge in [0, 0.05) is 17.1 Å². The van der Waals surface area contributed by atoms with Gasteiger partial charge in [-0.15, -0.1) is 11.3 Å². The van der Waals surface area contributed by atoms with Crippen LogP contribution in [-0.4, -0.2) is 18.6 Å². The third-order valence-corrected chi connectivity index (χ3v) is 4.05. The van der Waals surface area contributed by atoms with Crippen molar-refractivity contribution in [3.63, 3.8) is 0 Å². The van der Waals surface area contributed by atoms with Crippen molar-refractivity contribution >= 4 is 22.2 Å². The summed E-state index contributed by atoms with van der Waals surface area (Å²) in [4.78, 5) is 4.57. The number of thiazole rings is 1. The van der Waals surface area contributed by atoms with Crippen LogP contribution in [0, 0.1) is 0 Å². The van der Waals surface area contributed by atoms with Crippen molar-refractivity contribution in [1.29, 1.82) is 0 Å². The van der Waals surface area contributed by atoms with E-state index in [1.807, 2.05) is 31.3 Å². The molecule has 114 valence electrons. The number of rotatable bonds is 8. The van der Waals surface area contributed by atoms with Gasteiger partial charge >= 0.3 is 0 Å². The van der Waals surface area contributed by atoms with Gasteiger partial charge in [0.25, 0.3) is 0 Å². The minimum Gasteiger partial charge on any atom is -0.494 e. The van der Waals surface area contributed by atoms with E-state index >= 15 is 0 Å². The van der Waals surface area contributed by atoms with Crippen molar-refractivity contribution in [2.75, 3.05) is 19.0 Å². The molecule has 0 aliphatic rings. The Balaban J connectivity index is 1.92. The van der Waals surface area contributed by atoms with Crippen LogP contribution in [0.4, 0.5) is 10.8 Å². The van der Waals surface area contributed by atoms with Crippen LogP contribution < -0.4 is 15.4 Å². The van der Waals surface area contributed by atoms with E-state index in [9.17, 15) is 0 Å². The molecule has 0 saturated carbocycles. The monoisotopic (exact) mass is 305 g/mol. The molecule has 0 spiro atoms. The summed E-state index contributed by atoms with van der Waals surface area (Å²) in [7, 11) is 1.94. The molecular formula is C16H23N3OS. The van der Waals surface area contributed by atoms with Crippen molar-refractivity contribution in [1.82, 2.24) is 10.3 Å². The summed E-state index contributed by atoms with van der Waals surface area (Å²) in [5.74, 6) is 0.914. The molecule has 5 heteroatoms. The van der Waals surface area contributed by atoms with E-state index in [-0.39, 0.29) is 6.04 Å². The molecule has 1 aromatic carbocycles. The van der Waals surface area contributed by atoms with E-state index in [4.69, 9.17) is 4.74 Å². The Hall–Kier alpha value is -1.59. The fraction of sp³-hybridized carbons (Fsp3) is 0.438. The molecule has 0 bridgehead atoms. The van der Waals surface area contributed by atoms with E-state index < -0.39 is 0 Å². The maximum absolute atomic E-state index is 5.65. The second kappa shape index (κ2) is 8.00. The molecular weight excluding hydrogens is 282 g/mol. The summed E-state index contributed by atoms with van der Waals surface area (Å²) >= 11 is 1.62. The second-order valence-electron chi connectivity index (χ2n) is 4.94. The van der Waals surface area contributed by atoms with Gasteiger partial charge in [0.1, 0.15) is 5.75 Å². The first-order valence-electron chi connectivity index (χ1n) is 7.35. The summed E-state index contributed by atoms with van der Waals surface area (Å²) in [5.41, 5.74) is 2.08. The molecule has 0 amide bonds. The predicted molar refractivity (Wildman–Crippen MR) is 89.7 cm³/mol. The number of ether oxygens (including phenoxy) is 1. The maximum Gasteiger partial charge on any atom is 0.187 e. The van der Waals surface area contributed by atoms with Gasteiger partial charge < -0.3 is 15.4 Å². The molecule has 0 radical (unpaired) electrons. The number of anilines is 2. The Kier molecular flexibility index (Phi) is 6.02. The quantitative estimate of drug-likeness (QED) is 0.712. The minimum atomic E-state index is 0.270. The highest BCUT2D eigenvalue weighted by atomic mass is 32.1.